The van der Waals surface area contributed by atoms with Crippen molar-refractivity contribution < 1.29 is 82.9 Å². The van der Waals surface area contributed by atoms with E-state index in [1.807, 2.05) is 43.3 Å². The summed E-state index contributed by atoms with van der Waals surface area (Å²) in [5.74, 6) is 1.72. The molecule has 2 fully saturated rings. The highest BCUT2D eigenvalue weighted by Crippen LogP contribution is 2.45. The molecule has 0 spiro atoms. The molecule has 0 saturated carbocycles. The summed E-state index contributed by atoms with van der Waals surface area (Å²) < 4.78 is 44.5. The van der Waals surface area contributed by atoms with Crippen molar-refractivity contribution in [1.82, 2.24) is 0 Å². The van der Waals surface area contributed by atoms with Gasteiger partial charge in [-0.3, -0.25) is 14.4 Å². The van der Waals surface area contributed by atoms with Crippen LogP contribution in [0.5, 0.6) is 34.5 Å². The average molecular weight is 1650 g/mol. The molecular formula is C102H150O17. The molecule has 17 heteroatoms. The molecule has 2 aliphatic heterocycles. The number of carbonyl (C=O) groups excluding carboxylic acids is 3. The van der Waals surface area contributed by atoms with Gasteiger partial charge in [-0.2, -0.15) is 0 Å². The highest BCUT2D eigenvalue weighted by molar-refractivity contribution is 5.69. The van der Waals surface area contributed by atoms with Gasteiger partial charge >= 0.3 is 17.9 Å². The van der Waals surface area contributed by atoms with Gasteiger partial charge in [-0.1, -0.05) is 218 Å². The predicted molar refractivity (Wildman–Crippen MR) is 478 cm³/mol. The van der Waals surface area contributed by atoms with E-state index in [9.17, 15) is 45.0 Å². The van der Waals surface area contributed by atoms with Gasteiger partial charge in [0.1, 0.15) is 34.5 Å². The zero-order valence-corrected chi connectivity index (χ0v) is 76.9. The highest BCUT2D eigenvalue weighted by atomic mass is 16.7. The molecule has 660 valence electrons. The molecule has 0 aromatic heterocycles. The van der Waals surface area contributed by atoms with Crippen LogP contribution in [-0.2, 0) is 143 Å². The topological polar surface area (TPSA) is 246 Å². The molecule has 6 aromatic rings. The minimum absolute atomic E-state index is 0.0753. The lowest BCUT2D eigenvalue weighted by Crippen LogP contribution is -2.22. The predicted octanol–water partition coefficient (Wildman–Crippen LogP) is 22.6. The zero-order valence-electron chi connectivity index (χ0n) is 76.9. The number of allylic oxidation sites excluding steroid dienone is 1. The lowest BCUT2D eigenvalue weighted by Gasteiger charge is -2.26. The number of hydrogen-bond acceptors (Lipinski definition) is 17. The lowest BCUT2D eigenvalue weighted by atomic mass is 9.81. The lowest BCUT2D eigenvalue weighted by molar-refractivity contribution is -0.162. The fraction of sp³-hybridized carbons (Fsp3) is 0.598. The largest absolute Gasteiger partial charge is 0.507 e. The standard InChI is InChI=1S/C37H56O6.C33H48O6.C32H46O5/c1-36(2,3)30-23-26(13-11-19-42-32-15-7-9-17-40-32)21-28(34(30)38)25-29-22-27(24-31(35(29)39)37(4,5)6)14-12-20-43-33-16-8-10-18-41-33;1-9-28(34)38-15-11-13-22-17-24(30(36)26(19-22)32(3,4)5)21-25-18-23(14-12-16-39-29(35)10-2)20-27(31(25)37)33(6,7)8;1-21(2)36-14-10-12-23-16-25(29(34)27(18-23)31(4,5)6)20-26-17-24(13-11-15-37-22(3)33)19-28(30(26)35)32(7,8)9/h21-24,32-33,38-39H,7-20,25H2,1-6H3;17-20,36-37H,9-16,21H2,1-8H3;16-19,34-35H,1,10-15,20H2,2-9H3. The molecule has 2 heterocycles. The number of phenols is 6. The van der Waals surface area contributed by atoms with E-state index in [-0.39, 0.29) is 86.0 Å². The third kappa shape index (κ3) is 32.7. The minimum Gasteiger partial charge on any atom is -0.507 e. The Morgan fingerprint density at radius 3 is 0.748 bits per heavy atom. The van der Waals surface area contributed by atoms with Gasteiger partial charge in [0.2, 0.25) is 0 Å². The van der Waals surface area contributed by atoms with Gasteiger partial charge in [0.15, 0.2) is 12.6 Å². The van der Waals surface area contributed by atoms with Crippen molar-refractivity contribution in [2.24, 2.45) is 0 Å². The molecule has 8 rings (SSSR count). The first-order valence-corrected chi connectivity index (χ1v) is 44.0. The monoisotopic (exact) mass is 1650 g/mol. The van der Waals surface area contributed by atoms with Gasteiger partial charge < -0.3 is 68.5 Å². The van der Waals surface area contributed by atoms with Crippen LogP contribution in [0.1, 0.15) is 342 Å². The normalized spacial score (nSPS) is 14.8. The first-order valence-electron chi connectivity index (χ1n) is 44.0. The molecule has 0 aliphatic carbocycles. The van der Waals surface area contributed by atoms with Gasteiger partial charge in [-0.15, -0.1) is 0 Å². The second-order valence-corrected chi connectivity index (χ2v) is 38.9. The van der Waals surface area contributed by atoms with Crippen LogP contribution in [0, 0.1) is 0 Å². The first-order chi connectivity index (χ1) is 55.7. The Labute approximate surface area is 714 Å². The van der Waals surface area contributed by atoms with Crippen LogP contribution in [0.15, 0.2) is 85.1 Å². The molecule has 2 aliphatic rings. The Balaban J connectivity index is 0.000000278. The molecular weight excluding hydrogens is 1500 g/mol. The van der Waals surface area contributed by atoms with E-state index in [2.05, 4.69) is 168 Å². The molecule has 6 N–H and O–H groups in total. The summed E-state index contributed by atoms with van der Waals surface area (Å²) in [5, 5.41) is 68.2. The molecule has 17 nitrogen and oxygen atoms in total. The molecule has 0 amide bonds. The highest BCUT2D eigenvalue weighted by Gasteiger charge is 2.31. The van der Waals surface area contributed by atoms with Crippen molar-refractivity contribution in [2.75, 3.05) is 52.9 Å². The summed E-state index contributed by atoms with van der Waals surface area (Å²) in [7, 11) is 0. The maximum atomic E-state index is 11.5. The average Bonchev–Trinajstić information content (AvgIpc) is 0.782. The van der Waals surface area contributed by atoms with E-state index >= 15 is 0 Å². The third-order valence-corrected chi connectivity index (χ3v) is 21.8. The maximum Gasteiger partial charge on any atom is 0.305 e. The summed E-state index contributed by atoms with van der Waals surface area (Å²) in [6.07, 6.45) is 17.7. The summed E-state index contributed by atoms with van der Waals surface area (Å²) in [4.78, 5) is 34.1. The molecule has 2 saturated heterocycles. The number of benzene rings is 6. The molecule has 0 bridgehead atoms. The van der Waals surface area contributed by atoms with Gasteiger partial charge in [0.05, 0.1) is 45.4 Å². The Bertz CT molecular complexity index is 3990. The van der Waals surface area contributed by atoms with Crippen LogP contribution in [0.25, 0.3) is 0 Å². The van der Waals surface area contributed by atoms with Crippen LogP contribution in [-0.4, -0.2) is 114 Å². The van der Waals surface area contributed by atoms with Gasteiger partial charge in [0.25, 0.3) is 0 Å². The number of carbonyl (C=O) groups is 3. The Morgan fingerprint density at radius 1 is 0.336 bits per heavy atom. The van der Waals surface area contributed by atoms with Crippen molar-refractivity contribution in [2.45, 2.75) is 345 Å². The fourth-order valence-corrected chi connectivity index (χ4v) is 15.1. The molecule has 0 radical (unpaired) electrons. The van der Waals surface area contributed by atoms with Crippen LogP contribution in [0.4, 0.5) is 0 Å². The van der Waals surface area contributed by atoms with Crippen LogP contribution in [0.2, 0.25) is 0 Å². The number of aromatic hydroxyl groups is 6. The van der Waals surface area contributed by atoms with Gasteiger partial charge in [0, 0.05) is 52.2 Å². The SMILES string of the molecule is C=C(C)OCCCc1cc(Cc2cc(CCCOC(C)=O)cc(C(C)(C)C)c2O)c(O)c(C(C)(C)C)c1.CC(C)(C)c1cc(CCCOC2CCCCO2)cc(Cc2cc(CCCOC3CCCCO3)cc(C(C)(C)C)c2O)c1O.CCC(=O)OCCCc1cc(Cc2cc(CCCOC(=O)CC)cc(C(C)(C)C)c2O)c(O)c(C(C)(C)C)c1. The summed E-state index contributed by atoms with van der Waals surface area (Å²) in [6, 6.07) is 24.8. The zero-order chi connectivity index (χ0) is 88.4. The summed E-state index contributed by atoms with van der Waals surface area (Å²) in [5.41, 5.74) is 15.4. The number of ether oxygens (including phenoxy) is 8. The number of hydrogen-bond donors (Lipinski definition) is 6. The second kappa shape index (κ2) is 45.7. The van der Waals surface area contributed by atoms with E-state index in [4.69, 9.17) is 37.9 Å². The Hall–Kier alpha value is -8.09. The number of rotatable bonds is 35. The molecule has 6 aromatic carbocycles. The van der Waals surface area contributed by atoms with Crippen LogP contribution >= 0.6 is 0 Å². The Kier molecular flexibility index (Phi) is 38.3. The van der Waals surface area contributed by atoms with Crippen molar-refractivity contribution in [3.05, 3.63) is 185 Å². The molecule has 2 unspecified atom stereocenters. The van der Waals surface area contributed by atoms with E-state index in [0.29, 0.717) is 121 Å². The van der Waals surface area contributed by atoms with Gasteiger partial charge in [-0.05, 0) is 255 Å². The van der Waals surface area contributed by atoms with E-state index in [1.165, 1.54) is 18.1 Å². The van der Waals surface area contributed by atoms with Crippen LogP contribution < -0.4 is 0 Å². The van der Waals surface area contributed by atoms with Crippen molar-refractivity contribution in [3.8, 4) is 34.5 Å². The fourth-order valence-electron chi connectivity index (χ4n) is 15.1. The van der Waals surface area contributed by atoms with Crippen LogP contribution in [0.3, 0.4) is 0 Å². The molecule has 2 atom stereocenters. The minimum atomic E-state index is -0.280. The van der Waals surface area contributed by atoms with Gasteiger partial charge in [-0.25, -0.2) is 0 Å². The second-order valence-electron chi connectivity index (χ2n) is 38.9. The third-order valence-electron chi connectivity index (χ3n) is 21.8. The van der Waals surface area contributed by atoms with Crippen molar-refractivity contribution in [3.63, 3.8) is 0 Å². The number of phenolic OH excluding ortho intramolecular Hbond substituents is 6. The van der Waals surface area contributed by atoms with Crippen molar-refractivity contribution >= 4 is 17.9 Å². The maximum absolute atomic E-state index is 11.5. The Morgan fingerprint density at radius 2 is 0.555 bits per heavy atom. The first kappa shape index (κ1) is 99.7. The smallest absolute Gasteiger partial charge is 0.305 e. The number of esters is 3. The van der Waals surface area contributed by atoms with E-state index in [1.54, 1.807) is 13.8 Å². The van der Waals surface area contributed by atoms with E-state index < -0.39 is 0 Å². The summed E-state index contributed by atoms with van der Waals surface area (Å²) >= 11 is 0. The molecule has 119 heavy (non-hydrogen) atoms. The quantitative estimate of drug-likeness (QED) is 0.00937. The number of aryl methyl sites for hydroxylation is 6. The van der Waals surface area contributed by atoms with Crippen molar-refractivity contribution in [1.29, 1.82) is 0 Å². The van der Waals surface area contributed by atoms with E-state index in [0.717, 1.165) is 186 Å². The summed E-state index contributed by atoms with van der Waals surface area (Å²) in [6.45, 7) is 52.9.